The first-order valence-electron chi connectivity index (χ1n) is 12.0. The third-order valence-corrected chi connectivity index (χ3v) is 10.2. The number of allylic oxidation sites excluding steroid dienone is 2. The number of hydrogen-bond acceptors (Lipinski definition) is 5. The molecule has 0 heterocycles. The number of fused-ring (bicyclic) bond motifs is 5. The second-order valence-electron chi connectivity index (χ2n) is 11.3. The van der Waals surface area contributed by atoms with Crippen molar-refractivity contribution in [3.05, 3.63) is 11.6 Å². The van der Waals surface area contributed by atoms with E-state index in [1.165, 1.54) is 5.57 Å². The van der Waals surface area contributed by atoms with Crippen molar-refractivity contribution in [3.8, 4) is 0 Å². The third kappa shape index (κ3) is 3.23. The van der Waals surface area contributed by atoms with Gasteiger partial charge in [-0.15, -0.1) is 0 Å². The topological polar surface area (TPSA) is 98.0 Å². The van der Waals surface area contributed by atoms with Crippen molar-refractivity contribution < 1.29 is 25.2 Å². The molecule has 0 aliphatic heterocycles. The zero-order valence-corrected chi connectivity index (χ0v) is 18.8. The fourth-order valence-electron chi connectivity index (χ4n) is 8.25. The predicted molar refractivity (Wildman–Crippen MR) is 114 cm³/mol. The minimum absolute atomic E-state index is 0.0138. The van der Waals surface area contributed by atoms with Crippen LogP contribution in [0.2, 0.25) is 0 Å². The van der Waals surface area contributed by atoms with Crippen LogP contribution in [-0.4, -0.2) is 51.6 Å². The fraction of sp³-hybridized carbons (Fsp3) is 0.880. The molecule has 0 aromatic heterocycles. The van der Waals surface area contributed by atoms with Gasteiger partial charge >= 0.3 is 0 Å². The van der Waals surface area contributed by atoms with Gasteiger partial charge in [0.2, 0.25) is 0 Å². The van der Waals surface area contributed by atoms with Gasteiger partial charge in [0.05, 0.1) is 25.4 Å². The molecule has 0 aromatic carbocycles. The molecule has 4 N–H and O–H groups in total. The molecule has 4 rings (SSSR count). The number of carbonyl (C=O) groups is 1. The van der Waals surface area contributed by atoms with Gasteiger partial charge in [-0.25, -0.2) is 0 Å². The Kier molecular flexibility index (Phi) is 5.98. The molecule has 0 amide bonds. The second kappa shape index (κ2) is 7.99. The van der Waals surface area contributed by atoms with E-state index in [0.29, 0.717) is 17.8 Å². The van der Waals surface area contributed by atoms with Crippen LogP contribution >= 0.6 is 0 Å². The number of rotatable bonds is 5. The smallest absolute Gasteiger partial charge is 0.159 e. The highest BCUT2D eigenvalue weighted by atomic mass is 16.3. The Morgan fingerprint density at radius 3 is 2.43 bits per heavy atom. The van der Waals surface area contributed by atoms with Crippen molar-refractivity contribution in [2.75, 3.05) is 13.2 Å². The summed E-state index contributed by atoms with van der Waals surface area (Å²) >= 11 is 0. The SMILES string of the molecule is CC(C(O)CO)[C@H]1CC[C@H]2[C@@H]3C(=O)C=C4CC(C(O)CO)CC[C@]4(C)[C@H]3CC[C@]12C. The van der Waals surface area contributed by atoms with E-state index in [0.717, 1.165) is 44.9 Å². The highest BCUT2D eigenvalue weighted by Crippen LogP contribution is 2.67. The first-order chi connectivity index (χ1) is 14.2. The Labute approximate surface area is 180 Å². The van der Waals surface area contributed by atoms with Crippen LogP contribution in [0, 0.1) is 46.3 Å². The van der Waals surface area contributed by atoms with Crippen LogP contribution < -0.4 is 0 Å². The van der Waals surface area contributed by atoms with Crippen molar-refractivity contribution in [2.24, 2.45) is 46.3 Å². The second-order valence-corrected chi connectivity index (χ2v) is 11.3. The molecule has 0 bridgehead atoms. The van der Waals surface area contributed by atoms with Crippen LogP contribution in [0.1, 0.15) is 65.7 Å². The molecule has 5 heteroatoms. The summed E-state index contributed by atoms with van der Waals surface area (Å²) in [6, 6.07) is 0. The number of ketones is 1. The molecule has 10 atom stereocenters. The minimum atomic E-state index is -0.701. The summed E-state index contributed by atoms with van der Waals surface area (Å²) in [5.41, 5.74) is 1.25. The Balaban J connectivity index is 1.62. The fourth-order valence-corrected chi connectivity index (χ4v) is 8.25. The summed E-state index contributed by atoms with van der Waals surface area (Å²) in [6.45, 7) is 6.30. The van der Waals surface area contributed by atoms with Crippen molar-refractivity contribution in [1.29, 1.82) is 0 Å². The Hall–Kier alpha value is -0.750. The van der Waals surface area contributed by atoms with Crippen LogP contribution in [0.5, 0.6) is 0 Å². The van der Waals surface area contributed by atoms with E-state index >= 15 is 0 Å². The van der Waals surface area contributed by atoms with Crippen LogP contribution in [0.15, 0.2) is 11.6 Å². The van der Waals surface area contributed by atoms with Gasteiger partial charge in [-0.3, -0.25) is 4.79 Å². The summed E-state index contributed by atoms with van der Waals surface area (Å²) in [5.74, 6) is 1.44. The molecule has 3 fully saturated rings. The lowest BCUT2D eigenvalue weighted by atomic mass is 9.46. The van der Waals surface area contributed by atoms with E-state index in [1.54, 1.807) is 0 Å². The van der Waals surface area contributed by atoms with Crippen molar-refractivity contribution in [2.45, 2.75) is 77.9 Å². The Morgan fingerprint density at radius 2 is 1.77 bits per heavy atom. The first-order valence-corrected chi connectivity index (χ1v) is 12.0. The average Bonchev–Trinajstić information content (AvgIpc) is 3.09. The summed E-state index contributed by atoms with van der Waals surface area (Å²) < 4.78 is 0. The number of carbonyl (C=O) groups excluding carboxylic acids is 1. The molecule has 5 nitrogen and oxygen atoms in total. The maximum absolute atomic E-state index is 13.4. The van der Waals surface area contributed by atoms with Crippen molar-refractivity contribution >= 4 is 5.78 Å². The zero-order valence-electron chi connectivity index (χ0n) is 18.8. The van der Waals surface area contributed by atoms with Gasteiger partial charge in [-0.2, -0.15) is 0 Å². The lowest BCUT2D eigenvalue weighted by molar-refractivity contribution is -0.136. The summed E-state index contributed by atoms with van der Waals surface area (Å²) in [6.07, 6.45) is 7.26. The molecule has 0 saturated heterocycles. The molecule has 3 saturated carbocycles. The van der Waals surface area contributed by atoms with Gasteiger partial charge in [-0.05, 0) is 91.4 Å². The van der Waals surface area contributed by atoms with E-state index in [4.69, 9.17) is 0 Å². The number of hydrogen-bond donors (Lipinski definition) is 4. The third-order valence-electron chi connectivity index (χ3n) is 10.2. The molecule has 30 heavy (non-hydrogen) atoms. The zero-order chi connectivity index (χ0) is 21.8. The minimum Gasteiger partial charge on any atom is -0.394 e. The molecule has 4 aliphatic carbocycles. The van der Waals surface area contributed by atoms with Crippen LogP contribution in [0.4, 0.5) is 0 Å². The van der Waals surface area contributed by atoms with E-state index in [-0.39, 0.29) is 47.6 Å². The summed E-state index contributed by atoms with van der Waals surface area (Å²) in [7, 11) is 0. The maximum Gasteiger partial charge on any atom is 0.159 e. The molecular formula is C25H40O5. The lowest BCUT2D eigenvalue weighted by Crippen LogP contribution is -2.54. The normalized spacial score (nSPS) is 46.3. The van der Waals surface area contributed by atoms with Gasteiger partial charge in [0.1, 0.15) is 0 Å². The monoisotopic (exact) mass is 420 g/mol. The van der Waals surface area contributed by atoms with E-state index < -0.39 is 12.2 Å². The van der Waals surface area contributed by atoms with Crippen LogP contribution in [-0.2, 0) is 4.79 Å². The van der Waals surface area contributed by atoms with Crippen LogP contribution in [0.3, 0.4) is 0 Å². The molecular weight excluding hydrogens is 380 g/mol. The molecule has 0 spiro atoms. The molecule has 0 radical (unpaired) electrons. The maximum atomic E-state index is 13.4. The van der Waals surface area contributed by atoms with Gasteiger partial charge in [0, 0.05) is 5.92 Å². The van der Waals surface area contributed by atoms with E-state index in [1.807, 2.05) is 6.08 Å². The van der Waals surface area contributed by atoms with Crippen molar-refractivity contribution in [3.63, 3.8) is 0 Å². The van der Waals surface area contributed by atoms with Gasteiger partial charge in [-0.1, -0.05) is 26.3 Å². The molecule has 4 aliphatic rings. The standard InChI is InChI=1S/C25H40O5/c1-14(21(29)12-26)17-4-5-18-23-19(7-9-25(17,18)3)24(2)8-6-15(22(30)13-27)10-16(24)11-20(23)28/h11,14-15,17-19,21-23,26-27,29-30H,4-10,12-13H2,1-3H3/t14?,15?,17-,18+,19+,21?,22?,23+,24+,25-/m1/s1. The Bertz CT molecular complexity index is 704. The highest BCUT2D eigenvalue weighted by Gasteiger charge is 2.61. The van der Waals surface area contributed by atoms with E-state index in [9.17, 15) is 25.2 Å². The largest absolute Gasteiger partial charge is 0.394 e. The van der Waals surface area contributed by atoms with Gasteiger partial charge in [0.25, 0.3) is 0 Å². The summed E-state index contributed by atoms with van der Waals surface area (Å²) in [4.78, 5) is 13.4. The Morgan fingerprint density at radius 1 is 1.03 bits per heavy atom. The number of aliphatic hydroxyl groups is 4. The van der Waals surface area contributed by atoms with Crippen LogP contribution in [0.25, 0.3) is 0 Å². The molecule has 170 valence electrons. The average molecular weight is 421 g/mol. The summed E-state index contributed by atoms with van der Waals surface area (Å²) in [5, 5.41) is 39.3. The highest BCUT2D eigenvalue weighted by molar-refractivity contribution is 5.94. The predicted octanol–water partition coefficient (Wildman–Crippen LogP) is 2.70. The van der Waals surface area contributed by atoms with E-state index in [2.05, 4.69) is 20.8 Å². The quantitative estimate of drug-likeness (QED) is 0.548. The van der Waals surface area contributed by atoms with Gasteiger partial charge < -0.3 is 20.4 Å². The molecule has 4 unspecified atom stereocenters. The lowest BCUT2D eigenvalue weighted by Gasteiger charge is -2.58. The van der Waals surface area contributed by atoms with Gasteiger partial charge in [0.15, 0.2) is 5.78 Å². The molecule has 0 aromatic rings. The van der Waals surface area contributed by atoms with Crippen molar-refractivity contribution in [1.82, 2.24) is 0 Å². The first kappa shape index (κ1) is 22.4. The number of aliphatic hydroxyl groups excluding tert-OH is 4.